The molecular formula is C13H31N. The molecule has 0 aliphatic heterocycles. The van der Waals surface area contributed by atoms with Crippen molar-refractivity contribution >= 4 is 0 Å². The van der Waals surface area contributed by atoms with Gasteiger partial charge in [0.25, 0.3) is 0 Å². The second-order valence-electron chi connectivity index (χ2n) is 4.80. The first-order valence-electron chi connectivity index (χ1n) is 6.27. The Morgan fingerprint density at radius 2 is 1.50 bits per heavy atom. The number of hydrogen-bond donors (Lipinski definition) is 1. The summed E-state index contributed by atoms with van der Waals surface area (Å²) in [6.07, 6.45) is 5.44. The molecule has 14 heavy (non-hydrogen) atoms. The SMILES string of the molecule is CC.CCCCCCNCC(C)(C)C. The second kappa shape index (κ2) is 11.0. The summed E-state index contributed by atoms with van der Waals surface area (Å²) in [7, 11) is 0. The normalized spacial score (nSPS) is 10.7. The first kappa shape index (κ1) is 16.4. The fourth-order valence-corrected chi connectivity index (χ4v) is 1.14. The summed E-state index contributed by atoms with van der Waals surface area (Å²) < 4.78 is 0. The maximum atomic E-state index is 3.48. The Kier molecular flexibility index (Phi) is 12.9. The molecule has 0 bridgehead atoms. The Morgan fingerprint density at radius 1 is 0.929 bits per heavy atom. The third-order valence-corrected chi connectivity index (χ3v) is 1.86. The van der Waals surface area contributed by atoms with E-state index in [2.05, 4.69) is 33.0 Å². The molecule has 0 rings (SSSR count). The quantitative estimate of drug-likeness (QED) is 0.634. The lowest BCUT2D eigenvalue weighted by atomic mass is 9.97. The predicted octanol–water partition coefficient (Wildman–Crippen LogP) is 4.23. The lowest BCUT2D eigenvalue weighted by Gasteiger charge is -2.18. The first-order valence-corrected chi connectivity index (χ1v) is 6.27. The van der Waals surface area contributed by atoms with Crippen molar-refractivity contribution in [1.29, 1.82) is 0 Å². The zero-order valence-corrected chi connectivity index (χ0v) is 11.2. The molecule has 0 aromatic rings. The summed E-state index contributed by atoms with van der Waals surface area (Å²) in [4.78, 5) is 0. The van der Waals surface area contributed by atoms with E-state index in [0.29, 0.717) is 5.41 Å². The Balaban J connectivity index is 0. The molecule has 0 atom stereocenters. The van der Waals surface area contributed by atoms with Crippen LogP contribution in [0, 0.1) is 5.41 Å². The van der Waals surface area contributed by atoms with Gasteiger partial charge in [0.1, 0.15) is 0 Å². The van der Waals surface area contributed by atoms with E-state index >= 15 is 0 Å². The molecule has 0 aromatic heterocycles. The molecule has 0 saturated carbocycles. The van der Waals surface area contributed by atoms with Gasteiger partial charge >= 0.3 is 0 Å². The monoisotopic (exact) mass is 201 g/mol. The van der Waals surface area contributed by atoms with Gasteiger partial charge < -0.3 is 5.32 Å². The molecule has 0 unspecified atom stereocenters. The van der Waals surface area contributed by atoms with E-state index < -0.39 is 0 Å². The fourth-order valence-electron chi connectivity index (χ4n) is 1.14. The number of hydrogen-bond acceptors (Lipinski definition) is 1. The van der Waals surface area contributed by atoms with Crippen LogP contribution in [0.1, 0.15) is 67.2 Å². The molecule has 0 aromatic carbocycles. The van der Waals surface area contributed by atoms with E-state index in [4.69, 9.17) is 0 Å². The van der Waals surface area contributed by atoms with Gasteiger partial charge in [-0.1, -0.05) is 60.8 Å². The van der Waals surface area contributed by atoms with Gasteiger partial charge in [0.05, 0.1) is 0 Å². The van der Waals surface area contributed by atoms with Gasteiger partial charge in [-0.15, -0.1) is 0 Å². The van der Waals surface area contributed by atoms with Crippen LogP contribution >= 0.6 is 0 Å². The van der Waals surface area contributed by atoms with Crippen LogP contribution in [0.4, 0.5) is 0 Å². The van der Waals surface area contributed by atoms with Crippen LogP contribution in [0.3, 0.4) is 0 Å². The van der Waals surface area contributed by atoms with E-state index in [0.717, 1.165) is 6.54 Å². The molecule has 88 valence electrons. The molecule has 1 heteroatoms. The maximum Gasteiger partial charge on any atom is -0.0000126 e. The molecule has 0 saturated heterocycles. The van der Waals surface area contributed by atoms with Crippen molar-refractivity contribution in [3.05, 3.63) is 0 Å². The van der Waals surface area contributed by atoms with Crippen molar-refractivity contribution in [3.63, 3.8) is 0 Å². The van der Waals surface area contributed by atoms with Crippen LogP contribution in [-0.2, 0) is 0 Å². The van der Waals surface area contributed by atoms with Crippen molar-refractivity contribution in [2.75, 3.05) is 13.1 Å². The molecule has 0 aliphatic carbocycles. The molecule has 0 radical (unpaired) electrons. The Morgan fingerprint density at radius 3 is 1.93 bits per heavy atom. The minimum Gasteiger partial charge on any atom is -0.316 e. The van der Waals surface area contributed by atoms with Gasteiger partial charge in [0.15, 0.2) is 0 Å². The summed E-state index contributed by atoms with van der Waals surface area (Å²) in [5.74, 6) is 0. The highest BCUT2D eigenvalue weighted by Crippen LogP contribution is 2.10. The standard InChI is InChI=1S/C11H25N.C2H6/c1-5-6-7-8-9-12-10-11(2,3)4;1-2/h12H,5-10H2,1-4H3;1-2H3. The first-order chi connectivity index (χ1) is 6.56. The Bertz CT molecular complexity index is 91.9. The molecule has 0 aliphatic rings. The highest BCUT2D eigenvalue weighted by Gasteiger charge is 2.07. The van der Waals surface area contributed by atoms with Gasteiger partial charge in [0, 0.05) is 0 Å². The molecule has 0 amide bonds. The third-order valence-electron chi connectivity index (χ3n) is 1.86. The predicted molar refractivity (Wildman–Crippen MR) is 67.8 cm³/mol. The smallest absolute Gasteiger partial charge is 0.0000126 e. The van der Waals surface area contributed by atoms with Crippen molar-refractivity contribution in [2.24, 2.45) is 5.41 Å². The average Bonchev–Trinajstić information content (AvgIpc) is 2.13. The molecule has 0 fully saturated rings. The third kappa shape index (κ3) is 17.9. The van der Waals surface area contributed by atoms with E-state index in [1.807, 2.05) is 13.8 Å². The van der Waals surface area contributed by atoms with Crippen LogP contribution in [0.2, 0.25) is 0 Å². The van der Waals surface area contributed by atoms with E-state index in [9.17, 15) is 0 Å². The van der Waals surface area contributed by atoms with Crippen molar-refractivity contribution < 1.29 is 0 Å². The molecule has 0 heterocycles. The van der Waals surface area contributed by atoms with Gasteiger partial charge in [-0.05, 0) is 24.9 Å². The van der Waals surface area contributed by atoms with Gasteiger partial charge in [-0.3, -0.25) is 0 Å². The maximum absolute atomic E-state index is 3.48. The Labute approximate surface area is 91.7 Å². The average molecular weight is 201 g/mol. The summed E-state index contributed by atoms with van der Waals surface area (Å²) in [6, 6.07) is 0. The topological polar surface area (TPSA) is 12.0 Å². The number of unbranched alkanes of at least 4 members (excludes halogenated alkanes) is 3. The molecule has 1 N–H and O–H groups in total. The van der Waals surface area contributed by atoms with Crippen molar-refractivity contribution in [3.8, 4) is 0 Å². The van der Waals surface area contributed by atoms with Crippen LogP contribution in [0.25, 0.3) is 0 Å². The van der Waals surface area contributed by atoms with Crippen molar-refractivity contribution in [1.82, 2.24) is 5.32 Å². The zero-order chi connectivity index (χ0) is 11.4. The van der Waals surface area contributed by atoms with Crippen LogP contribution in [0.15, 0.2) is 0 Å². The van der Waals surface area contributed by atoms with E-state index in [-0.39, 0.29) is 0 Å². The van der Waals surface area contributed by atoms with Crippen LogP contribution < -0.4 is 5.32 Å². The number of nitrogens with one attached hydrogen (secondary N) is 1. The van der Waals surface area contributed by atoms with Gasteiger partial charge in [-0.2, -0.15) is 0 Å². The van der Waals surface area contributed by atoms with Crippen LogP contribution in [-0.4, -0.2) is 13.1 Å². The summed E-state index contributed by atoms with van der Waals surface area (Å²) in [6.45, 7) is 15.4. The second-order valence-corrected chi connectivity index (χ2v) is 4.80. The molecule has 0 spiro atoms. The van der Waals surface area contributed by atoms with Crippen LogP contribution in [0.5, 0.6) is 0 Å². The van der Waals surface area contributed by atoms with Gasteiger partial charge in [0.2, 0.25) is 0 Å². The van der Waals surface area contributed by atoms with E-state index in [1.165, 1.54) is 32.2 Å². The van der Waals surface area contributed by atoms with Crippen molar-refractivity contribution in [2.45, 2.75) is 67.2 Å². The molecular weight excluding hydrogens is 170 g/mol. The minimum atomic E-state index is 0.435. The Hall–Kier alpha value is -0.0400. The largest absolute Gasteiger partial charge is 0.316 e. The minimum absolute atomic E-state index is 0.435. The highest BCUT2D eigenvalue weighted by molar-refractivity contribution is 4.64. The lowest BCUT2D eigenvalue weighted by molar-refractivity contribution is 0.377. The fraction of sp³-hybridized carbons (Fsp3) is 1.00. The summed E-state index contributed by atoms with van der Waals surface area (Å²) in [5, 5.41) is 3.48. The zero-order valence-electron chi connectivity index (χ0n) is 11.2. The lowest BCUT2D eigenvalue weighted by Crippen LogP contribution is -2.27. The summed E-state index contributed by atoms with van der Waals surface area (Å²) >= 11 is 0. The molecule has 1 nitrogen and oxygen atoms in total. The summed E-state index contributed by atoms with van der Waals surface area (Å²) in [5.41, 5.74) is 0.435. The number of rotatable bonds is 6. The van der Waals surface area contributed by atoms with Gasteiger partial charge in [-0.25, -0.2) is 0 Å². The highest BCUT2D eigenvalue weighted by atomic mass is 14.9. The van der Waals surface area contributed by atoms with E-state index in [1.54, 1.807) is 0 Å².